The molecular formula is C17H19N3O2. The van der Waals surface area contributed by atoms with Gasteiger partial charge < -0.3 is 15.0 Å². The van der Waals surface area contributed by atoms with Crippen LogP contribution in [0, 0.1) is 0 Å². The number of imidazole rings is 1. The van der Waals surface area contributed by atoms with Gasteiger partial charge in [-0.1, -0.05) is 36.4 Å². The Labute approximate surface area is 129 Å². The van der Waals surface area contributed by atoms with Crippen LogP contribution in [0.25, 0.3) is 11.0 Å². The SMILES string of the molecule is O=c1[nH]c2c(OC3CNC3)cccc2n1Cc1ccccc1.[HH]. The van der Waals surface area contributed by atoms with Crippen LogP contribution in [0.15, 0.2) is 53.3 Å². The van der Waals surface area contributed by atoms with Gasteiger partial charge in [0, 0.05) is 14.5 Å². The van der Waals surface area contributed by atoms with Crippen molar-refractivity contribution in [1.29, 1.82) is 0 Å². The van der Waals surface area contributed by atoms with Crippen LogP contribution in [0.4, 0.5) is 0 Å². The molecule has 0 unspecified atom stereocenters. The van der Waals surface area contributed by atoms with Gasteiger partial charge in [0.25, 0.3) is 0 Å². The van der Waals surface area contributed by atoms with Gasteiger partial charge in [0.2, 0.25) is 0 Å². The normalized spacial score (nSPS) is 14.9. The molecule has 0 bridgehead atoms. The van der Waals surface area contributed by atoms with Crippen molar-refractivity contribution in [2.24, 2.45) is 0 Å². The molecule has 0 spiro atoms. The number of ether oxygens (including phenoxy) is 1. The molecule has 1 aromatic heterocycles. The van der Waals surface area contributed by atoms with E-state index >= 15 is 0 Å². The van der Waals surface area contributed by atoms with E-state index in [0.717, 1.165) is 35.4 Å². The molecule has 1 saturated heterocycles. The Morgan fingerprint density at radius 1 is 1.14 bits per heavy atom. The fourth-order valence-electron chi connectivity index (χ4n) is 2.70. The van der Waals surface area contributed by atoms with Crippen LogP contribution in [0.5, 0.6) is 5.75 Å². The second kappa shape index (κ2) is 5.35. The molecule has 1 aliphatic heterocycles. The summed E-state index contributed by atoms with van der Waals surface area (Å²) in [6.45, 7) is 2.25. The van der Waals surface area contributed by atoms with Gasteiger partial charge >= 0.3 is 5.69 Å². The van der Waals surface area contributed by atoms with E-state index < -0.39 is 0 Å². The predicted octanol–water partition coefficient (Wildman–Crippen LogP) is 1.97. The average molecular weight is 297 g/mol. The van der Waals surface area contributed by atoms with Crippen molar-refractivity contribution >= 4 is 11.0 Å². The number of aromatic nitrogens is 2. The summed E-state index contributed by atoms with van der Waals surface area (Å²) < 4.78 is 7.68. The van der Waals surface area contributed by atoms with Crippen molar-refractivity contribution in [1.82, 2.24) is 14.9 Å². The molecule has 3 aromatic rings. The molecule has 2 heterocycles. The van der Waals surface area contributed by atoms with Crippen molar-refractivity contribution in [3.05, 3.63) is 64.6 Å². The van der Waals surface area contributed by atoms with Gasteiger partial charge in [0.15, 0.2) is 0 Å². The molecule has 5 heteroatoms. The Morgan fingerprint density at radius 2 is 1.95 bits per heavy atom. The molecule has 5 nitrogen and oxygen atoms in total. The van der Waals surface area contributed by atoms with E-state index in [-0.39, 0.29) is 13.2 Å². The molecule has 0 radical (unpaired) electrons. The Balaban J connectivity index is 0.00000156. The van der Waals surface area contributed by atoms with Gasteiger partial charge in [0.1, 0.15) is 17.4 Å². The maximum absolute atomic E-state index is 12.3. The number of H-pyrrole nitrogens is 1. The number of para-hydroxylation sites is 1. The number of nitrogens with one attached hydrogen (secondary N) is 2. The lowest BCUT2D eigenvalue weighted by Crippen LogP contribution is -2.50. The third kappa shape index (κ3) is 2.29. The van der Waals surface area contributed by atoms with Crippen LogP contribution in [-0.4, -0.2) is 28.7 Å². The molecular weight excluding hydrogens is 278 g/mol. The highest BCUT2D eigenvalue weighted by molar-refractivity contribution is 5.82. The summed E-state index contributed by atoms with van der Waals surface area (Å²) in [5, 5.41) is 3.18. The zero-order valence-corrected chi connectivity index (χ0v) is 12.1. The molecule has 2 aromatic carbocycles. The summed E-state index contributed by atoms with van der Waals surface area (Å²) >= 11 is 0. The molecule has 22 heavy (non-hydrogen) atoms. The molecule has 1 fully saturated rings. The zero-order valence-electron chi connectivity index (χ0n) is 12.1. The topological polar surface area (TPSA) is 59.1 Å². The number of hydrogen-bond donors (Lipinski definition) is 2. The molecule has 0 aliphatic carbocycles. The first-order valence-electron chi connectivity index (χ1n) is 7.44. The Bertz CT molecular complexity index is 853. The Morgan fingerprint density at radius 3 is 2.68 bits per heavy atom. The highest BCUT2D eigenvalue weighted by Gasteiger charge is 2.20. The van der Waals surface area contributed by atoms with Crippen LogP contribution in [0.2, 0.25) is 0 Å². The van der Waals surface area contributed by atoms with Crippen molar-refractivity contribution in [3.8, 4) is 5.75 Å². The van der Waals surface area contributed by atoms with Gasteiger partial charge in [-0.15, -0.1) is 0 Å². The maximum Gasteiger partial charge on any atom is 0.326 e. The number of hydrogen-bond acceptors (Lipinski definition) is 3. The first kappa shape index (κ1) is 13.2. The van der Waals surface area contributed by atoms with Gasteiger partial charge in [-0.3, -0.25) is 4.57 Å². The van der Waals surface area contributed by atoms with E-state index in [9.17, 15) is 4.79 Å². The van der Waals surface area contributed by atoms with Crippen LogP contribution in [-0.2, 0) is 6.54 Å². The van der Waals surface area contributed by atoms with Gasteiger partial charge in [0.05, 0.1) is 12.1 Å². The minimum atomic E-state index is -0.110. The van der Waals surface area contributed by atoms with E-state index in [4.69, 9.17) is 4.74 Å². The number of nitrogens with zero attached hydrogens (tertiary/aromatic N) is 1. The number of rotatable bonds is 4. The minimum Gasteiger partial charge on any atom is -0.486 e. The summed E-state index contributed by atoms with van der Waals surface area (Å²) in [6, 6.07) is 15.8. The second-order valence-corrected chi connectivity index (χ2v) is 5.55. The van der Waals surface area contributed by atoms with Crippen molar-refractivity contribution in [2.45, 2.75) is 12.6 Å². The predicted molar refractivity (Wildman–Crippen MR) is 87.5 cm³/mol. The van der Waals surface area contributed by atoms with Crippen LogP contribution in [0.1, 0.15) is 6.99 Å². The quantitative estimate of drug-likeness (QED) is 0.774. The maximum atomic E-state index is 12.3. The monoisotopic (exact) mass is 297 g/mol. The summed E-state index contributed by atoms with van der Waals surface area (Å²) in [5.74, 6) is 0.743. The molecule has 2 N–H and O–H groups in total. The van der Waals surface area contributed by atoms with E-state index in [1.807, 2.05) is 48.5 Å². The third-order valence-electron chi connectivity index (χ3n) is 3.99. The van der Waals surface area contributed by atoms with Gasteiger partial charge in [-0.05, 0) is 17.7 Å². The zero-order chi connectivity index (χ0) is 14.9. The van der Waals surface area contributed by atoms with E-state index in [2.05, 4.69) is 10.3 Å². The van der Waals surface area contributed by atoms with Crippen molar-refractivity contribution in [2.75, 3.05) is 13.1 Å². The highest BCUT2D eigenvalue weighted by atomic mass is 16.5. The molecule has 0 atom stereocenters. The number of fused-ring (bicyclic) bond motifs is 1. The summed E-state index contributed by atoms with van der Waals surface area (Å²) in [4.78, 5) is 15.2. The van der Waals surface area contributed by atoms with Crippen LogP contribution in [0.3, 0.4) is 0 Å². The summed E-state index contributed by atoms with van der Waals surface area (Å²) in [5.41, 5.74) is 2.63. The van der Waals surface area contributed by atoms with Crippen molar-refractivity contribution < 1.29 is 6.16 Å². The van der Waals surface area contributed by atoms with Crippen LogP contribution < -0.4 is 15.7 Å². The minimum absolute atomic E-state index is 0. The standard InChI is InChI=1S/C17H17N3O2.H2/c21-17-19-16-14(20(17)11-12-5-2-1-3-6-12)7-4-8-15(16)22-13-9-18-10-13;/h1-8,13,18H,9-11H2,(H,19,21);1H. The number of benzene rings is 2. The molecule has 0 saturated carbocycles. The Hall–Kier alpha value is -2.53. The smallest absolute Gasteiger partial charge is 0.326 e. The first-order valence-corrected chi connectivity index (χ1v) is 7.44. The second-order valence-electron chi connectivity index (χ2n) is 5.55. The first-order chi connectivity index (χ1) is 10.8. The molecule has 0 amide bonds. The fourth-order valence-corrected chi connectivity index (χ4v) is 2.70. The lowest BCUT2D eigenvalue weighted by Gasteiger charge is -2.27. The fraction of sp³-hybridized carbons (Fsp3) is 0.235. The Kier molecular flexibility index (Phi) is 3.20. The molecule has 4 rings (SSSR count). The lowest BCUT2D eigenvalue weighted by atomic mass is 10.2. The summed E-state index contributed by atoms with van der Waals surface area (Å²) in [7, 11) is 0. The van der Waals surface area contributed by atoms with Gasteiger partial charge in [-0.2, -0.15) is 0 Å². The molecule has 114 valence electrons. The average Bonchev–Trinajstić information content (AvgIpc) is 2.81. The third-order valence-corrected chi connectivity index (χ3v) is 3.99. The van der Waals surface area contributed by atoms with Gasteiger partial charge in [-0.25, -0.2) is 4.79 Å². The van der Waals surface area contributed by atoms with E-state index in [0.29, 0.717) is 6.54 Å². The van der Waals surface area contributed by atoms with E-state index in [1.165, 1.54) is 0 Å². The highest BCUT2D eigenvalue weighted by Crippen LogP contribution is 2.24. The lowest BCUT2D eigenvalue weighted by molar-refractivity contribution is 0.144. The van der Waals surface area contributed by atoms with E-state index in [1.54, 1.807) is 4.57 Å². The number of aromatic amines is 1. The molecule has 1 aliphatic rings. The van der Waals surface area contributed by atoms with Crippen LogP contribution >= 0.6 is 0 Å². The largest absolute Gasteiger partial charge is 0.486 e. The summed E-state index contributed by atoms with van der Waals surface area (Å²) in [6.07, 6.45) is 0.187. The van der Waals surface area contributed by atoms with Crippen molar-refractivity contribution in [3.63, 3.8) is 0 Å².